The van der Waals surface area contributed by atoms with Gasteiger partial charge in [0.15, 0.2) is 0 Å². The first kappa shape index (κ1) is 15.8. The van der Waals surface area contributed by atoms with Crippen LogP contribution in [0.1, 0.15) is 36.9 Å². The monoisotopic (exact) mass is 313 g/mol. The van der Waals surface area contributed by atoms with E-state index in [1.165, 1.54) is 0 Å². The summed E-state index contributed by atoms with van der Waals surface area (Å²) in [5, 5.41) is 9.10. The molecule has 2 N–H and O–H groups in total. The number of nitrogens with zero attached hydrogens (tertiary/aromatic N) is 4. The molecule has 6 nitrogen and oxygen atoms in total. The van der Waals surface area contributed by atoms with E-state index in [1.807, 2.05) is 13.0 Å². The molecule has 1 amide bonds. The Morgan fingerprint density at radius 2 is 2.04 bits per heavy atom. The topological polar surface area (TPSA) is 86.3 Å². The van der Waals surface area contributed by atoms with Gasteiger partial charge in [-0.1, -0.05) is 0 Å². The number of carbonyl (C=O) groups excluding carboxylic acids is 1. The van der Waals surface area contributed by atoms with Gasteiger partial charge in [-0.15, -0.1) is 0 Å². The molecular formula is C17H23N5O. The molecule has 1 atom stereocenters. The molecule has 1 aromatic heterocycles. The molecule has 0 bridgehead atoms. The first-order valence-corrected chi connectivity index (χ1v) is 8.27. The lowest BCUT2D eigenvalue weighted by Gasteiger charge is -2.39. The van der Waals surface area contributed by atoms with Gasteiger partial charge < -0.3 is 10.6 Å². The molecule has 2 saturated heterocycles. The lowest BCUT2D eigenvalue weighted by atomic mass is 10.0. The van der Waals surface area contributed by atoms with E-state index in [0.29, 0.717) is 11.6 Å². The van der Waals surface area contributed by atoms with Crippen LogP contribution < -0.4 is 10.6 Å². The molecular weight excluding hydrogens is 290 g/mol. The molecule has 1 aromatic rings. The first-order valence-electron chi connectivity index (χ1n) is 8.27. The molecule has 3 heterocycles. The third-order valence-electron chi connectivity index (χ3n) is 4.95. The van der Waals surface area contributed by atoms with Gasteiger partial charge in [-0.2, -0.15) is 5.26 Å². The molecule has 0 aliphatic carbocycles. The van der Waals surface area contributed by atoms with Crippen molar-refractivity contribution in [1.29, 1.82) is 5.26 Å². The van der Waals surface area contributed by atoms with E-state index in [4.69, 9.17) is 11.0 Å². The van der Waals surface area contributed by atoms with Crippen molar-refractivity contribution in [3.8, 4) is 6.07 Å². The highest BCUT2D eigenvalue weighted by Crippen LogP contribution is 2.27. The number of carbonyl (C=O) groups is 1. The van der Waals surface area contributed by atoms with Gasteiger partial charge in [0.05, 0.1) is 17.7 Å². The average molecular weight is 313 g/mol. The fraction of sp³-hybridized carbons (Fsp3) is 0.588. The van der Waals surface area contributed by atoms with Gasteiger partial charge in [-0.05, 0) is 51.3 Å². The fourth-order valence-electron chi connectivity index (χ4n) is 3.84. The summed E-state index contributed by atoms with van der Waals surface area (Å²) < 4.78 is 0. The average Bonchev–Trinajstić information content (AvgIpc) is 3.04. The van der Waals surface area contributed by atoms with Crippen LogP contribution in [0, 0.1) is 18.3 Å². The summed E-state index contributed by atoms with van der Waals surface area (Å²) in [5.41, 5.74) is 7.06. The quantitative estimate of drug-likeness (QED) is 0.905. The smallest absolute Gasteiger partial charge is 0.234 e. The van der Waals surface area contributed by atoms with Gasteiger partial charge in [0, 0.05) is 24.8 Å². The Kier molecular flexibility index (Phi) is 4.49. The molecule has 2 aliphatic rings. The van der Waals surface area contributed by atoms with E-state index in [0.717, 1.165) is 56.8 Å². The van der Waals surface area contributed by atoms with E-state index in [1.54, 1.807) is 6.07 Å². The number of amides is 1. The van der Waals surface area contributed by atoms with Crippen LogP contribution in [0.25, 0.3) is 0 Å². The van der Waals surface area contributed by atoms with Crippen LogP contribution in [0.5, 0.6) is 0 Å². The van der Waals surface area contributed by atoms with E-state index >= 15 is 0 Å². The number of piperidine rings is 1. The van der Waals surface area contributed by atoms with Gasteiger partial charge >= 0.3 is 0 Å². The minimum absolute atomic E-state index is 0.0890. The van der Waals surface area contributed by atoms with E-state index in [2.05, 4.69) is 20.9 Å². The molecule has 0 spiro atoms. The maximum absolute atomic E-state index is 11.6. The van der Waals surface area contributed by atoms with Gasteiger partial charge in [-0.25, -0.2) is 4.98 Å². The van der Waals surface area contributed by atoms with Crippen molar-refractivity contribution in [3.63, 3.8) is 0 Å². The highest BCUT2D eigenvalue weighted by atomic mass is 16.1. The second kappa shape index (κ2) is 6.55. The number of nitriles is 1. The third kappa shape index (κ3) is 3.30. The molecule has 3 rings (SSSR count). The largest absolute Gasteiger partial charge is 0.368 e. The number of aryl methyl sites for hydroxylation is 1. The highest BCUT2D eigenvalue weighted by molar-refractivity contribution is 5.80. The minimum Gasteiger partial charge on any atom is -0.368 e. The summed E-state index contributed by atoms with van der Waals surface area (Å²) in [4.78, 5) is 20.7. The maximum Gasteiger partial charge on any atom is 0.234 e. The molecule has 0 aromatic carbocycles. The van der Waals surface area contributed by atoms with Crippen LogP contribution in [0.15, 0.2) is 12.1 Å². The highest BCUT2D eigenvalue weighted by Gasteiger charge is 2.35. The predicted molar refractivity (Wildman–Crippen MR) is 87.8 cm³/mol. The summed E-state index contributed by atoms with van der Waals surface area (Å²) in [7, 11) is 0. The Morgan fingerprint density at radius 1 is 1.30 bits per heavy atom. The van der Waals surface area contributed by atoms with Crippen LogP contribution >= 0.6 is 0 Å². The van der Waals surface area contributed by atoms with E-state index < -0.39 is 0 Å². The van der Waals surface area contributed by atoms with Crippen LogP contribution in [-0.4, -0.2) is 47.5 Å². The normalized spacial score (nSPS) is 23.0. The second-order valence-corrected chi connectivity index (χ2v) is 6.48. The second-order valence-electron chi connectivity index (χ2n) is 6.48. The third-order valence-corrected chi connectivity index (χ3v) is 4.95. The van der Waals surface area contributed by atoms with Gasteiger partial charge in [-0.3, -0.25) is 9.69 Å². The lowest BCUT2D eigenvalue weighted by Crippen LogP contribution is -2.50. The van der Waals surface area contributed by atoms with Crippen molar-refractivity contribution in [3.05, 3.63) is 23.4 Å². The Labute approximate surface area is 136 Å². The molecule has 6 heteroatoms. The Hall–Kier alpha value is -2.13. The fourth-order valence-corrected chi connectivity index (χ4v) is 3.84. The summed E-state index contributed by atoms with van der Waals surface area (Å²) in [6, 6.07) is 6.19. The number of likely N-dealkylation sites (tertiary alicyclic amines) is 1. The SMILES string of the molecule is Cc1cc(C#N)cc(N2CCC(N3CCCC3C(N)=O)CC2)n1. The van der Waals surface area contributed by atoms with E-state index in [-0.39, 0.29) is 11.9 Å². The summed E-state index contributed by atoms with van der Waals surface area (Å²) >= 11 is 0. The number of aromatic nitrogens is 1. The van der Waals surface area contributed by atoms with Crippen molar-refractivity contribution in [1.82, 2.24) is 9.88 Å². The maximum atomic E-state index is 11.6. The number of primary amides is 1. The van der Waals surface area contributed by atoms with Crippen molar-refractivity contribution in [2.45, 2.75) is 44.7 Å². The Balaban J connectivity index is 1.66. The number of hydrogen-bond donors (Lipinski definition) is 1. The zero-order valence-electron chi connectivity index (χ0n) is 13.5. The number of hydrogen-bond acceptors (Lipinski definition) is 5. The minimum atomic E-state index is -0.191. The van der Waals surface area contributed by atoms with Crippen molar-refractivity contribution >= 4 is 11.7 Å². The standard InChI is InChI=1S/C17H23N5O/c1-12-9-13(11-18)10-16(20-12)21-7-4-14(5-8-21)22-6-2-3-15(22)17(19)23/h9-10,14-15H,2-8H2,1H3,(H2,19,23). The molecule has 122 valence electrons. The Bertz CT molecular complexity index is 630. The Morgan fingerprint density at radius 3 is 2.70 bits per heavy atom. The molecule has 2 aliphatic heterocycles. The summed E-state index contributed by atoms with van der Waals surface area (Å²) in [6.45, 7) is 4.68. The lowest BCUT2D eigenvalue weighted by molar-refractivity contribution is -0.123. The van der Waals surface area contributed by atoms with Crippen LogP contribution in [0.3, 0.4) is 0 Å². The number of nitrogens with two attached hydrogens (primary N) is 1. The molecule has 0 saturated carbocycles. The van der Waals surface area contributed by atoms with E-state index in [9.17, 15) is 4.79 Å². The van der Waals surface area contributed by atoms with Crippen LogP contribution in [-0.2, 0) is 4.79 Å². The predicted octanol–water partition coefficient (Wildman–Crippen LogP) is 1.18. The summed E-state index contributed by atoms with van der Waals surface area (Å²) in [5.74, 6) is 0.691. The zero-order chi connectivity index (χ0) is 16.4. The molecule has 0 radical (unpaired) electrons. The van der Waals surface area contributed by atoms with Gasteiger partial charge in [0.1, 0.15) is 5.82 Å². The van der Waals surface area contributed by atoms with Crippen LogP contribution in [0.4, 0.5) is 5.82 Å². The van der Waals surface area contributed by atoms with Crippen molar-refractivity contribution in [2.75, 3.05) is 24.5 Å². The van der Waals surface area contributed by atoms with Crippen LogP contribution in [0.2, 0.25) is 0 Å². The molecule has 1 unspecified atom stereocenters. The number of anilines is 1. The summed E-state index contributed by atoms with van der Waals surface area (Å²) in [6.07, 6.45) is 3.95. The number of pyridine rings is 1. The van der Waals surface area contributed by atoms with Gasteiger partial charge in [0.25, 0.3) is 0 Å². The first-order chi connectivity index (χ1) is 11.1. The molecule has 23 heavy (non-hydrogen) atoms. The van der Waals surface area contributed by atoms with Gasteiger partial charge in [0.2, 0.25) is 5.91 Å². The van der Waals surface area contributed by atoms with Crippen molar-refractivity contribution in [2.24, 2.45) is 5.73 Å². The van der Waals surface area contributed by atoms with Crippen molar-refractivity contribution < 1.29 is 4.79 Å². The zero-order valence-corrected chi connectivity index (χ0v) is 13.5. The molecule has 2 fully saturated rings. The number of rotatable bonds is 3.